The van der Waals surface area contributed by atoms with Crippen molar-refractivity contribution in [1.29, 1.82) is 0 Å². The Hall–Kier alpha value is -2.23. The molecule has 0 aliphatic carbocycles. The SMILES string of the molecule is NCc1ccc(C2O[C@H](CSc3ncn[nH]3)C[C@H](c3ccc(CO)cc3)O2)cc1. The smallest absolute Gasteiger partial charge is 0.184 e. The van der Waals surface area contributed by atoms with Gasteiger partial charge in [0, 0.05) is 24.3 Å². The van der Waals surface area contributed by atoms with Crippen LogP contribution in [0.1, 0.15) is 41.1 Å². The van der Waals surface area contributed by atoms with Gasteiger partial charge in [-0.15, -0.1) is 0 Å². The Morgan fingerprint density at radius 3 is 2.41 bits per heavy atom. The highest BCUT2D eigenvalue weighted by molar-refractivity contribution is 7.99. The molecule has 1 unspecified atom stereocenters. The molecule has 4 N–H and O–H groups in total. The molecule has 7 nitrogen and oxygen atoms in total. The van der Waals surface area contributed by atoms with Crippen LogP contribution in [0.15, 0.2) is 60.0 Å². The van der Waals surface area contributed by atoms with E-state index < -0.39 is 6.29 Å². The summed E-state index contributed by atoms with van der Waals surface area (Å²) in [5.41, 5.74) is 9.70. The van der Waals surface area contributed by atoms with E-state index in [0.717, 1.165) is 39.6 Å². The zero-order chi connectivity index (χ0) is 20.1. The lowest BCUT2D eigenvalue weighted by Crippen LogP contribution is -2.31. The summed E-state index contributed by atoms with van der Waals surface area (Å²) in [5, 5.41) is 16.8. The number of nitrogens with two attached hydrogens (primary N) is 1. The number of benzene rings is 2. The third-order valence-corrected chi connectivity index (χ3v) is 5.91. The number of nitrogens with one attached hydrogen (secondary N) is 1. The molecule has 3 aromatic rings. The molecule has 3 atom stereocenters. The van der Waals surface area contributed by atoms with Gasteiger partial charge >= 0.3 is 0 Å². The number of aliphatic hydroxyl groups excluding tert-OH is 1. The molecule has 2 heterocycles. The fourth-order valence-electron chi connectivity index (χ4n) is 3.27. The molecule has 0 bridgehead atoms. The number of H-pyrrole nitrogens is 1. The highest BCUT2D eigenvalue weighted by atomic mass is 32.2. The molecule has 152 valence electrons. The molecule has 1 aliphatic rings. The summed E-state index contributed by atoms with van der Waals surface area (Å²) in [6.07, 6.45) is 1.66. The van der Waals surface area contributed by atoms with Gasteiger partial charge in [-0.25, -0.2) is 4.98 Å². The molecule has 0 radical (unpaired) electrons. The summed E-state index contributed by atoms with van der Waals surface area (Å²) < 4.78 is 12.6. The number of hydrogen-bond acceptors (Lipinski definition) is 7. The second-order valence-electron chi connectivity index (χ2n) is 6.90. The minimum Gasteiger partial charge on any atom is -0.392 e. The number of nitrogens with zero attached hydrogens (tertiary/aromatic N) is 2. The first-order chi connectivity index (χ1) is 14.2. The molecule has 8 heteroatoms. The number of aromatic nitrogens is 3. The number of aromatic amines is 1. The maximum Gasteiger partial charge on any atom is 0.184 e. The maximum atomic E-state index is 9.30. The van der Waals surface area contributed by atoms with E-state index in [2.05, 4.69) is 15.2 Å². The first-order valence-corrected chi connectivity index (χ1v) is 10.5. The summed E-state index contributed by atoms with van der Waals surface area (Å²) in [6.45, 7) is 0.532. The van der Waals surface area contributed by atoms with Crippen molar-refractivity contribution in [1.82, 2.24) is 15.2 Å². The number of thioether (sulfide) groups is 1. The Morgan fingerprint density at radius 1 is 1.03 bits per heavy atom. The van der Waals surface area contributed by atoms with Crippen molar-refractivity contribution in [3.05, 3.63) is 77.1 Å². The van der Waals surface area contributed by atoms with E-state index in [0.29, 0.717) is 6.54 Å². The van der Waals surface area contributed by atoms with Gasteiger partial charge in [0.05, 0.1) is 18.8 Å². The normalized spacial score (nSPS) is 21.9. The molecule has 1 aliphatic heterocycles. The van der Waals surface area contributed by atoms with Crippen LogP contribution >= 0.6 is 11.8 Å². The predicted octanol–water partition coefficient (Wildman–Crippen LogP) is 3.09. The van der Waals surface area contributed by atoms with Crippen LogP contribution in [0.5, 0.6) is 0 Å². The van der Waals surface area contributed by atoms with Crippen LogP contribution in [-0.4, -0.2) is 32.1 Å². The van der Waals surface area contributed by atoms with Crippen LogP contribution in [0, 0.1) is 0 Å². The average molecular weight is 413 g/mol. The largest absolute Gasteiger partial charge is 0.392 e. The first kappa shape index (κ1) is 20.1. The van der Waals surface area contributed by atoms with Crippen LogP contribution < -0.4 is 5.73 Å². The molecular weight excluding hydrogens is 388 g/mol. The summed E-state index contributed by atoms with van der Waals surface area (Å²) in [4.78, 5) is 4.17. The topological polar surface area (TPSA) is 106 Å². The van der Waals surface area contributed by atoms with E-state index in [1.807, 2.05) is 48.5 Å². The Morgan fingerprint density at radius 2 is 1.76 bits per heavy atom. The lowest BCUT2D eigenvalue weighted by Gasteiger charge is -2.36. The van der Waals surface area contributed by atoms with Crippen LogP contribution in [0.4, 0.5) is 0 Å². The standard InChI is InChI=1S/C21H24N4O3S/c22-10-14-1-7-17(8-2-14)20-27-18(12-29-21-23-13-24-25-21)9-19(28-20)16-5-3-15(11-26)4-6-16/h1-8,13,18-20,26H,9-12,22H2,(H,23,24,25)/t18-,19+,20?/m0/s1. The molecule has 4 rings (SSSR count). The molecule has 1 fully saturated rings. The lowest BCUT2D eigenvalue weighted by atomic mass is 10.0. The molecule has 0 spiro atoms. The molecular formula is C21H24N4O3S. The van der Waals surface area contributed by atoms with Crippen molar-refractivity contribution in [3.63, 3.8) is 0 Å². The van der Waals surface area contributed by atoms with Crippen LogP contribution in [0.25, 0.3) is 0 Å². The van der Waals surface area contributed by atoms with Crippen LogP contribution in [-0.2, 0) is 22.6 Å². The van der Waals surface area contributed by atoms with Crippen molar-refractivity contribution < 1.29 is 14.6 Å². The fraction of sp³-hybridized carbons (Fsp3) is 0.333. The number of rotatable bonds is 7. The van der Waals surface area contributed by atoms with E-state index in [9.17, 15) is 5.11 Å². The van der Waals surface area contributed by atoms with Crippen LogP contribution in [0.3, 0.4) is 0 Å². The van der Waals surface area contributed by atoms with Gasteiger partial charge in [-0.2, -0.15) is 5.10 Å². The van der Waals surface area contributed by atoms with E-state index >= 15 is 0 Å². The predicted molar refractivity (Wildman–Crippen MR) is 110 cm³/mol. The molecule has 0 saturated carbocycles. The number of aliphatic hydroxyl groups is 1. The van der Waals surface area contributed by atoms with Gasteiger partial charge in [0.15, 0.2) is 11.4 Å². The van der Waals surface area contributed by atoms with E-state index in [4.69, 9.17) is 15.2 Å². The van der Waals surface area contributed by atoms with E-state index in [1.165, 1.54) is 6.33 Å². The third kappa shape index (κ3) is 5.04. The number of hydrogen-bond donors (Lipinski definition) is 3. The van der Waals surface area contributed by atoms with Gasteiger partial charge in [0.25, 0.3) is 0 Å². The fourth-order valence-corrected chi connectivity index (χ4v) is 4.07. The van der Waals surface area contributed by atoms with Crippen molar-refractivity contribution in [2.45, 2.75) is 43.2 Å². The highest BCUT2D eigenvalue weighted by Crippen LogP contribution is 2.39. The van der Waals surface area contributed by atoms with Crippen molar-refractivity contribution >= 4 is 11.8 Å². The second kappa shape index (κ2) is 9.51. The van der Waals surface area contributed by atoms with Gasteiger partial charge in [-0.1, -0.05) is 60.3 Å². The average Bonchev–Trinajstić information content (AvgIpc) is 3.31. The summed E-state index contributed by atoms with van der Waals surface area (Å²) in [7, 11) is 0. The third-order valence-electron chi connectivity index (χ3n) is 4.90. The Labute approximate surface area is 173 Å². The minimum atomic E-state index is -0.460. The van der Waals surface area contributed by atoms with Crippen molar-refractivity contribution in [2.24, 2.45) is 5.73 Å². The molecule has 0 amide bonds. The second-order valence-corrected chi connectivity index (χ2v) is 7.91. The molecule has 2 aromatic carbocycles. The summed E-state index contributed by atoms with van der Waals surface area (Å²) in [5.74, 6) is 0.737. The Kier molecular flexibility index (Phi) is 6.58. The van der Waals surface area contributed by atoms with Gasteiger partial charge in [0.2, 0.25) is 0 Å². The zero-order valence-corrected chi connectivity index (χ0v) is 16.7. The van der Waals surface area contributed by atoms with Gasteiger partial charge < -0.3 is 20.3 Å². The molecule has 29 heavy (non-hydrogen) atoms. The first-order valence-electron chi connectivity index (χ1n) is 9.53. The van der Waals surface area contributed by atoms with Gasteiger partial charge in [0.1, 0.15) is 6.33 Å². The van der Waals surface area contributed by atoms with Gasteiger partial charge in [-0.3, -0.25) is 5.10 Å². The zero-order valence-electron chi connectivity index (χ0n) is 15.9. The quantitative estimate of drug-likeness (QED) is 0.512. The summed E-state index contributed by atoms with van der Waals surface area (Å²) >= 11 is 1.58. The Balaban J connectivity index is 1.53. The lowest BCUT2D eigenvalue weighted by molar-refractivity contribution is -0.245. The Bertz CT molecular complexity index is 832. The van der Waals surface area contributed by atoms with Crippen molar-refractivity contribution in [3.8, 4) is 0 Å². The highest BCUT2D eigenvalue weighted by Gasteiger charge is 2.32. The van der Waals surface area contributed by atoms with E-state index in [-0.39, 0.29) is 18.8 Å². The maximum absolute atomic E-state index is 9.30. The monoisotopic (exact) mass is 412 g/mol. The van der Waals surface area contributed by atoms with E-state index in [1.54, 1.807) is 11.8 Å². The molecule has 1 saturated heterocycles. The van der Waals surface area contributed by atoms with Crippen LogP contribution in [0.2, 0.25) is 0 Å². The minimum absolute atomic E-state index is 0.0134. The number of ether oxygens (including phenoxy) is 2. The van der Waals surface area contributed by atoms with Crippen molar-refractivity contribution in [2.75, 3.05) is 5.75 Å². The summed E-state index contributed by atoms with van der Waals surface area (Å²) in [6, 6.07) is 15.9. The van der Waals surface area contributed by atoms with Gasteiger partial charge in [-0.05, 0) is 16.7 Å². The molecule has 1 aromatic heterocycles.